The molecule has 0 atom stereocenters. The molecule has 2 heterocycles. The largest absolute Gasteiger partial charge is 0.343 e. The van der Waals surface area contributed by atoms with Gasteiger partial charge in [0.2, 0.25) is 11.8 Å². The molecule has 1 aromatic rings. The van der Waals surface area contributed by atoms with Crippen LogP contribution in [0.4, 0.5) is 5.69 Å². The number of hydrogen-bond donors (Lipinski definition) is 0. The SMILES string of the molecule is CC(=O)N1CCc2cc(Br)cc(S(=O)(=O)CCC(=O)N3CCC(C)CC3)c21. The minimum Gasteiger partial charge on any atom is -0.343 e. The molecule has 0 saturated carbocycles. The number of hydrogen-bond acceptors (Lipinski definition) is 4. The molecular formula is C19H25BrN2O4S. The quantitative estimate of drug-likeness (QED) is 0.697. The van der Waals surface area contributed by atoms with Crippen molar-refractivity contribution in [3.05, 3.63) is 22.2 Å². The predicted octanol–water partition coefficient (Wildman–Crippen LogP) is 2.78. The van der Waals surface area contributed by atoms with E-state index in [9.17, 15) is 18.0 Å². The second-order valence-electron chi connectivity index (χ2n) is 7.46. The number of rotatable bonds is 4. The van der Waals surface area contributed by atoms with Crippen LogP contribution in [0.15, 0.2) is 21.5 Å². The number of carbonyl (C=O) groups is 2. The van der Waals surface area contributed by atoms with Crippen molar-refractivity contribution in [1.82, 2.24) is 4.90 Å². The van der Waals surface area contributed by atoms with Gasteiger partial charge in [-0.05, 0) is 42.9 Å². The Labute approximate surface area is 168 Å². The van der Waals surface area contributed by atoms with E-state index in [-0.39, 0.29) is 28.9 Å². The Kier molecular flexibility index (Phi) is 5.96. The third-order valence-electron chi connectivity index (χ3n) is 5.43. The van der Waals surface area contributed by atoms with E-state index in [2.05, 4.69) is 22.9 Å². The molecule has 2 aliphatic rings. The van der Waals surface area contributed by atoms with Crippen molar-refractivity contribution in [1.29, 1.82) is 0 Å². The van der Waals surface area contributed by atoms with Crippen molar-refractivity contribution in [2.24, 2.45) is 5.92 Å². The van der Waals surface area contributed by atoms with Gasteiger partial charge < -0.3 is 9.80 Å². The highest BCUT2D eigenvalue weighted by atomic mass is 79.9. The summed E-state index contributed by atoms with van der Waals surface area (Å²) in [6, 6.07) is 3.40. The zero-order valence-corrected chi connectivity index (χ0v) is 18.1. The van der Waals surface area contributed by atoms with E-state index in [1.165, 1.54) is 11.8 Å². The number of likely N-dealkylation sites (tertiary alicyclic amines) is 1. The maximum Gasteiger partial charge on any atom is 0.223 e. The number of nitrogens with zero attached hydrogens (tertiary/aromatic N) is 2. The molecule has 0 aliphatic carbocycles. The average Bonchev–Trinajstić information content (AvgIpc) is 3.03. The molecule has 1 saturated heterocycles. The van der Waals surface area contributed by atoms with Gasteiger partial charge in [0.1, 0.15) is 0 Å². The van der Waals surface area contributed by atoms with Crippen molar-refractivity contribution in [2.75, 3.05) is 30.3 Å². The van der Waals surface area contributed by atoms with Gasteiger partial charge in [0.25, 0.3) is 0 Å². The Morgan fingerprint density at radius 2 is 1.85 bits per heavy atom. The number of sulfone groups is 1. The molecule has 0 N–H and O–H groups in total. The Hall–Kier alpha value is -1.41. The lowest BCUT2D eigenvalue weighted by atomic mass is 9.99. The minimum atomic E-state index is -3.69. The lowest BCUT2D eigenvalue weighted by molar-refractivity contribution is -0.132. The summed E-state index contributed by atoms with van der Waals surface area (Å²) in [6.45, 7) is 5.48. The first-order chi connectivity index (χ1) is 12.7. The van der Waals surface area contributed by atoms with E-state index in [0.717, 1.165) is 18.4 Å². The number of carbonyl (C=O) groups excluding carboxylic acids is 2. The smallest absolute Gasteiger partial charge is 0.223 e. The summed E-state index contributed by atoms with van der Waals surface area (Å²) < 4.78 is 26.7. The Balaban J connectivity index is 1.79. The monoisotopic (exact) mass is 456 g/mol. The highest BCUT2D eigenvalue weighted by Crippen LogP contribution is 2.38. The number of fused-ring (bicyclic) bond motifs is 1. The molecular weight excluding hydrogens is 432 g/mol. The van der Waals surface area contributed by atoms with Gasteiger partial charge in [-0.15, -0.1) is 0 Å². The second kappa shape index (κ2) is 7.91. The van der Waals surface area contributed by atoms with E-state index in [4.69, 9.17) is 0 Å². The van der Waals surface area contributed by atoms with Gasteiger partial charge in [0.15, 0.2) is 9.84 Å². The van der Waals surface area contributed by atoms with Gasteiger partial charge >= 0.3 is 0 Å². The van der Waals surface area contributed by atoms with Crippen LogP contribution in [-0.2, 0) is 25.8 Å². The van der Waals surface area contributed by atoms with E-state index in [1.807, 2.05) is 6.07 Å². The fourth-order valence-electron chi connectivity index (χ4n) is 3.77. The van der Waals surface area contributed by atoms with Crippen LogP contribution in [-0.4, -0.2) is 50.5 Å². The zero-order chi connectivity index (χ0) is 19.8. The van der Waals surface area contributed by atoms with Crippen LogP contribution in [0, 0.1) is 5.92 Å². The zero-order valence-electron chi connectivity index (χ0n) is 15.7. The van der Waals surface area contributed by atoms with E-state index in [1.54, 1.807) is 11.0 Å². The summed E-state index contributed by atoms with van der Waals surface area (Å²) in [6.07, 6.45) is 2.52. The van der Waals surface area contributed by atoms with Gasteiger partial charge in [0.05, 0.1) is 16.3 Å². The first kappa shape index (κ1) is 20.3. The molecule has 0 bridgehead atoms. The standard InChI is InChI=1S/C19H25BrN2O4S/c1-13-3-7-21(8-4-13)18(24)6-10-27(25,26)17-12-16(20)11-15-5-9-22(14(2)23)19(15)17/h11-13H,3-10H2,1-2H3. The van der Waals surface area contributed by atoms with Crippen molar-refractivity contribution < 1.29 is 18.0 Å². The third kappa shape index (κ3) is 4.37. The summed E-state index contributed by atoms with van der Waals surface area (Å²) in [5, 5.41) is 0. The fourth-order valence-corrected chi connectivity index (χ4v) is 5.93. The van der Waals surface area contributed by atoms with E-state index >= 15 is 0 Å². The molecule has 0 aromatic heterocycles. The number of piperidine rings is 1. The maximum absolute atomic E-state index is 13.0. The topological polar surface area (TPSA) is 74.8 Å². The summed E-state index contributed by atoms with van der Waals surface area (Å²) in [7, 11) is -3.69. The van der Waals surface area contributed by atoms with Gasteiger partial charge in [-0.3, -0.25) is 9.59 Å². The second-order valence-corrected chi connectivity index (χ2v) is 10.5. The van der Waals surface area contributed by atoms with Crippen molar-refractivity contribution in [3.63, 3.8) is 0 Å². The van der Waals surface area contributed by atoms with Crippen LogP contribution < -0.4 is 4.90 Å². The van der Waals surface area contributed by atoms with Gasteiger partial charge in [0, 0.05) is 37.5 Å². The summed E-state index contributed by atoms with van der Waals surface area (Å²) in [5.41, 5.74) is 1.32. The summed E-state index contributed by atoms with van der Waals surface area (Å²) >= 11 is 3.37. The van der Waals surface area contributed by atoms with Crippen LogP contribution in [0.5, 0.6) is 0 Å². The number of amides is 2. The average molecular weight is 457 g/mol. The Morgan fingerprint density at radius 1 is 1.19 bits per heavy atom. The van der Waals surface area contributed by atoms with Crippen molar-refractivity contribution in [2.45, 2.75) is 44.4 Å². The maximum atomic E-state index is 13.0. The molecule has 8 heteroatoms. The highest BCUT2D eigenvalue weighted by molar-refractivity contribution is 9.10. The van der Waals surface area contributed by atoms with Crippen LogP contribution in [0.1, 0.15) is 38.7 Å². The molecule has 0 radical (unpaired) electrons. The molecule has 3 rings (SSSR count). The molecule has 0 spiro atoms. The third-order valence-corrected chi connectivity index (χ3v) is 7.61. The molecule has 148 valence electrons. The minimum absolute atomic E-state index is 0.0297. The van der Waals surface area contributed by atoms with Gasteiger partial charge in [-0.1, -0.05) is 22.9 Å². The van der Waals surface area contributed by atoms with Crippen LogP contribution in [0.2, 0.25) is 0 Å². The van der Waals surface area contributed by atoms with Crippen LogP contribution in [0.25, 0.3) is 0 Å². The molecule has 1 fully saturated rings. The Morgan fingerprint density at radius 3 is 2.48 bits per heavy atom. The molecule has 1 aromatic carbocycles. The Bertz CT molecular complexity index is 861. The lowest BCUT2D eigenvalue weighted by Crippen LogP contribution is -2.38. The van der Waals surface area contributed by atoms with Crippen LogP contribution >= 0.6 is 15.9 Å². The van der Waals surface area contributed by atoms with Crippen LogP contribution in [0.3, 0.4) is 0 Å². The van der Waals surface area contributed by atoms with Crippen molar-refractivity contribution in [3.8, 4) is 0 Å². The molecule has 2 amide bonds. The summed E-state index contributed by atoms with van der Waals surface area (Å²) in [5.74, 6) is 0.0816. The fraction of sp³-hybridized carbons (Fsp3) is 0.579. The molecule has 2 aliphatic heterocycles. The van der Waals surface area contributed by atoms with Gasteiger partial charge in [-0.25, -0.2) is 8.42 Å². The molecule has 0 unspecified atom stereocenters. The number of anilines is 1. The normalized spacial score (nSPS) is 17.9. The first-order valence-electron chi connectivity index (χ1n) is 9.30. The van der Waals surface area contributed by atoms with Crippen molar-refractivity contribution >= 4 is 43.3 Å². The predicted molar refractivity (Wildman–Crippen MR) is 108 cm³/mol. The highest BCUT2D eigenvalue weighted by Gasteiger charge is 2.32. The van der Waals surface area contributed by atoms with E-state index < -0.39 is 9.84 Å². The molecule has 27 heavy (non-hydrogen) atoms. The number of halogens is 1. The molecule has 6 nitrogen and oxygen atoms in total. The first-order valence-corrected chi connectivity index (χ1v) is 11.7. The summed E-state index contributed by atoms with van der Waals surface area (Å²) in [4.78, 5) is 27.8. The van der Waals surface area contributed by atoms with E-state index in [0.29, 0.717) is 42.1 Å². The lowest BCUT2D eigenvalue weighted by Gasteiger charge is -2.30. The number of benzene rings is 1. The van der Waals surface area contributed by atoms with Gasteiger partial charge in [-0.2, -0.15) is 0 Å².